The van der Waals surface area contributed by atoms with Gasteiger partial charge in [-0.3, -0.25) is 0 Å². The van der Waals surface area contributed by atoms with Crippen LogP contribution in [0.5, 0.6) is 0 Å². The van der Waals surface area contributed by atoms with Crippen LogP contribution in [0.1, 0.15) is 82.4 Å². The van der Waals surface area contributed by atoms with E-state index >= 15 is 0 Å². The molecule has 0 aromatic heterocycles. The van der Waals surface area contributed by atoms with Gasteiger partial charge in [0.1, 0.15) is 5.82 Å². The van der Waals surface area contributed by atoms with E-state index in [0.29, 0.717) is 0 Å². The van der Waals surface area contributed by atoms with Crippen LogP contribution in [-0.4, -0.2) is 6.54 Å². The Labute approximate surface area is 130 Å². The Hall–Kier alpha value is -0.890. The highest BCUT2D eigenvalue weighted by molar-refractivity contribution is 5.26. The molecule has 21 heavy (non-hydrogen) atoms. The van der Waals surface area contributed by atoms with E-state index in [1.807, 2.05) is 19.1 Å². The fourth-order valence-electron chi connectivity index (χ4n) is 2.85. The summed E-state index contributed by atoms with van der Waals surface area (Å²) in [5.41, 5.74) is 1.97. The average molecular weight is 293 g/mol. The van der Waals surface area contributed by atoms with E-state index in [4.69, 9.17) is 0 Å². The van der Waals surface area contributed by atoms with Crippen LogP contribution in [-0.2, 0) is 0 Å². The first-order valence-electron chi connectivity index (χ1n) is 8.68. The maximum Gasteiger partial charge on any atom is 0.127 e. The zero-order valence-electron chi connectivity index (χ0n) is 14.1. The van der Waals surface area contributed by atoms with Gasteiger partial charge in [-0.2, -0.15) is 0 Å². The molecule has 1 aromatic rings. The van der Waals surface area contributed by atoms with Gasteiger partial charge in [0, 0.05) is 11.6 Å². The number of nitrogens with one attached hydrogen (secondary N) is 1. The fraction of sp³-hybridized carbons (Fsp3) is 0.684. The molecule has 0 aliphatic rings. The quantitative estimate of drug-likeness (QED) is 0.499. The van der Waals surface area contributed by atoms with Crippen LogP contribution in [0.4, 0.5) is 4.39 Å². The lowest BCUT2D eigenvalue weighted by atomic mass is 9.97. The fourth-order valence-corrected chi connectivity index (χ4v) is 2.85. The molecule has 1 rings (SSSR count). The molecule has 1 aromatic carbocycles. The van der Waals surface area contributed by atoms with Gasteiger partial charge in [0.05, 0.1) is 0 Å². The third-order valence-corrected chi connectivity index (χ3v) is 4.07. The van der Waals surface area contributed by atoms with Crippen LogP contribution in [0.15, 0.2) is 18.2 Å². The molecule has 0 amide bonds. The lowest BCUT2D eigenvalue weighted by Gasteiger charge is -2.19. The molecule has 0 aliphatic heterocycles. The van der Waals surface area contributed by atoms with E-state index in [-0.39, 0.29) is 11.9 Å². The van der Waals surface area contributed by atoms with Gasteiger partial charge in [-0.15, -0.1) is 0 Å². The molecule has 0 bridgehead atoms. The monoisotopic (exact) mass is 293 g/mol. The number of unbranched alkanes of at least 4 members (excludes halogenated alkanes) is 6. The van der Waals surface area contributed by atoms with Crippen LogP contribution < -0.4 is 5.32 Å². The average Bonchev–Trinajstić information content (AvgIpc) is 2.48. The predicted molar refractivity (Wildman–Crippen MR) is 90.2 cm³/mol. The van der Waals surface area contributed by atoms with Crippen molar-refractivity contribution in [2.75, 3.05) is 6.54 Å². The number of hydrogen-bond donors (Lipinski definition) is 1. The van der Waals surface area contributed by atoms with E-state index < -0.39 is 0 Å². The van der Waals surface area contributed by atoms with Gasteiger partial charge in [-0.25, -0.2) is 4.39 Å². The summed E-state index contributed by atoms with van der Waals surface area (Å²) in [4.78, 5) is 0. The van der Waals surface area contributed by atoms with Crippen molar-refractivity contribution in [3.8, 4) is 0 Å². The Balaban J connectivity index is 2.41. The van der Waals surface area contributed by atoms with Crippen molar-refractivity contribution in [1.29, 1.82) is 0 Å². The maximum absolute atomic E-state index is 14.0. The molecule has 0 fully saturated rings. The van der Waals surface area contributed by atoms with Crippen LogP contribution in [0.2, 0.25) is 0 Å². The van der Waals surface area contributed by atoms with E-state index in [0.717, 1.165) is 24.1 Å². The maximum atomic E-state index is 14.0. The molecule has 0 aliphatic carbocycles. The zero-order valence-corrected chi connectivity index (χ0v) is 14.1. The van der Waals surface area contributed by atoms with Gasteiger partial charge in [-0.1, -0.05) is 76.5 Å². The highest BCUT2D eigenvalue weighted by Gasteiger charge is 2.14. The largest absolute Gasteiger partial charge is 0.310 e. The summed E-state index contributed by atoms with van der Waals surface area (Å²) in [6.45, 7) is 7.25. The van der Waals surface area contributed by atoms with Crippen molar-refractivity contribution < 1.29 is 4.39 Å². The van der Waals surface area contributed by atoms with Gasteiger partial charge >= 0.3 is 0 Å². The zero-order chi connectivity index (χ0) is 15.5. The highest BCUT2D eigenvalue weighted by Crippen LogP contribution is 2.24. The van der Waals surface area contributed by atoms with Gasteiger partial charge in [0.25, 0.3) is 0 Å². The van der Waals surface area contributed by atoms with Gasteiger partial charge < -0.3 is 5.32 Å². The molecule has 0 radical (unpaired) electrons. The second-order valence-corrected chi connectivity index (χ2v) is 6.05. The van der Waals surface area contributed by atoms with Crippen molar-refractivity contribution in [3.63, 3.8) is 0 Å². The number of benzene rings is 1. The van der Waals surface area contributed by atoms with Crippen LogP contribution in [0, 0.1) is 12.7 Å². The number of aryl methyl sites for hydroxylation is 1. The first-order valence-corrected chi connectivity index (χ1v) is 8.68. The van der Waals surface area contributed by atoms with Crippen LogP contribution in [0.25, 0.3) is 0 Å². The standard InChI is InChI=1S/C19H32FN/c1-4-6-7-8-9-10-11-12-19(21-5-2)17-15-16(3)13-14-18(17)20/h13-15,19,21H,4-12H2,1-3H3. The number of hydrogen-bond acceptors (Lipinski definition) is 1. The molecule has 2 heteroatoms. The molecule has 0 heterocycles. The van der Waals surface area contributed by atoms with Crippen molar-refractivity contribution in [2.45, 2.75) is 78.2 Å². The SMILES string of the molecule is CCCCCCCCCC(NCC)c1cc(C)ccc1F. The number of halogens is 1. The van der Waals surface area contributed by atoms with Crippen molar-refractivity contribution in [2.24, 2.45) is 0 Å². The summed E-state index contributed by atoms with van der Waals surface area (Å²) in [6, 6.07) is 5.59. The van der Waals surface area contributed by atoms with Crippen molar-refractivity contribution in [1.82, 2.24) is 5.32 Å². The Morgan fingerprint density at radius 3 is 2.33 bits per heavy atom. The summed E-state index contributed by atoms with van der Waals surface area (Å²) in [6.07, 6.45) is 10.1. The minimum atomic E-state index is -0.0745. The second kappa shape index (κ2) is 10.8. The molecular formula is C19H32FN. The third-order valence-electron chi connectivity index (χ3n) is 4.07. The van der Waals surface area contributed by atoms with Gasteiger partial charge in [0.2, 0.25) is 0 Å². The smallest absolute Gasteiger partial charge is 0.127 e. The van der Waals surface area contributed by atoms with Crippen molar-refractivity contribution >= 4 is 0 Å². The van der Waals surface area contributed by atoms with Gasteiger partial charge in [-0.05, 0) is 26.0 Å². The summed E-state index contributed by atoms with van der Waals surface area (Å²) in [7, 11) is 0. The van der Waals surface area contributed by atoms with E-state index in [1.54, 1.807) is 6.07 Å². The summed E-state index contributed by atoms with van der Waals surface area (Å²) in [5, 5.41) is 3.44. The molecule has 1 N–H and O–H groups in total. The van der Waals surface area contributed by atoms with Gasteiger partial charge in [0.15, 0.2) is 0 Å². The summed E-state index contributed by atoms with van der Waals surface area (Å²) < 4.78 is 14.0. The molecule has 1 unspecified atom stereocenters. The first kappa shape index (κ1) is 18.2. The number of rotatable bonds is 11. The minimum absolute atomic E-state index is 0.0745. The normalized spacial score (nSPS) is 12.6. The summed E-state index contributed by atoms with van der Waals surface area (Å²) in [5.74, 6) is -0.0745. The molecule has 0 spiro atoms. The summed E-state index contributed by atoms with van der Waals surface area (Å²) >= 11 is 0. The molecular weight excluding hydrogens is 261 g/mol. The Morgan fingerprint density at radius 1 is 1.00 bits per heavy atom. The van der Waals surface area contributed by atoms with E-state index in [9.17, 15) is 4.39 Å². The van der Waals surface area contributed by atoms with E-state index in [2.05, 4.69) is 19.2 Å². The molecule has 1 atom stereocenters. The molecule has 1 nitrogen and oxygen atoms in total. The van der Waals surface area contributed by atoms with Crippen LogP contribution in [0.3, 0.4) is 0 Å². The predicted octanol–water partition coefficient (Wildman–Crippen LogP) is 5.93. The Morgan fingerprint density at radius 2 is 1.67 bits per heavy atom. The lowest BCUT2D eigenvalue weighted by molar-refractivity contribution is 0.457. The molecule has 0 saturated heterocycles. The first-order chi connectivity index (χ1) is 10.2. The van der Waals surface area contributed by atoms with E-state index in [1.165, 1.54) is 44.9 Å². The highest BCUT2D eigenvalue weighted by atomic mass is 19.1. The topological polar surface area (TPSA) is 12.0 Å². The van der Waals surface area contributed by atoms with Crippen molar-refractivity contribution in [3.05, 3.63) is 35.1 Å². The second-order valence-electron chi connectivity index (χ2n) is 6.05. The third kappa shape index (κ3) is 7.08. The Bertz CT molecular complexity index is 389. The minimum Gasteiger partial charge on any atom is -0.310 e. The van der Waals surface area contributed by atoms with Crippen LogP contribution >= 0.6 is 0 Å². The molecule has 0 saturated carbocycles. The Kier molecular flexibility index (Phi) is 9.32. The lowest BCUT2D eigenvalue weighted by Crippen LogP contribution is -2.22. The molecule has 120 valence electrons.